The highest BCUT2D eigenvalue weighted by Gasteiger charge is 2.29. The van der Waals surface area contributed by atoms with Crippen molar-refractivity contribution in [3.05, 3.63) is 63.6 Å². The van der Waals surface area contributed by atoms with Crippen molar-refractivity contribution in [2.45, 2.75) is 12.5 Å². The molecular formula is C13H10Cl2FNO. The van der Waals surface area contributed by atoms with Gasteiger partial charge in [-0.1, -0.05) is 23.2 Å². The molecule has 2 rings (SSSR count). The van der Waals surface area contributed by atoms with E-state index in [9.17, 15) is 9.50 Å². The van der Waals surface area contributed by atoms with Gasteiger partial charge >= 0.3 is 0 Å². The molecule has 0 saturated carbocycles. The van der Waals surface area contributed by atoms with E-state index in [0.29, 0.717) is 21.2 Å². The Kier molecular flexibility index (Phi) is 3.57. The van der Waals surface area contributed by atoms with Gasteiger partial charge in [-0.2, -0.15) is 0 Å². The summed E-state index contributed by atoms with van der Waals surface area (Å²) in [5.41, 5.74) is -0.743. The Morgan fingerprint density at radius 2 is 1.94 bits per heavy atom. The normalized spacial score (nSPS) is 14.3. The van der Waals surface area contributed by atoms with Crippen molar-refractivity contribution in [1.29, 1.82) is 0 Å². The van der Waals surface area contributed by atoms with E-state index in [1.807, 2.05) is 0 Å². The first-order valence-corrected chi connectivity index (χ1v) is 5.96. The van der Waals surface area contributed by atoms with Crippen LogP contribution in [-0.4, -0.2) is 10.1 Å². The van der Waals surface area contributed by atoms with Crippen LogP contribution in [0.25, 0.3) is 0 Å². The third-order valence-electron chi connectivity index (χ3n) is 2.72. The van der Waals surface area contributed by atoms with E-state index >= 15 is 0 Å². The zero-order valence-electron chi connectivity index (χ0n) is 9.49. The highest BCUT2D eigenvalue weighted by molar-refractivity contribution is 6.33. The van der Waals surface area contributed by atoms with Gasteiger partial charge in [0.15, 0.2) is 0 Å². The van der Waals surface area contributed by atoms with Crippen LogP contribution in [0, 0.1) is 5.82 Å². The van der Waals surface area contributed by atoms with Gasteiger partial charge in [0, 0.05) is 27.4 Å². The lowest BCUT2D eigenvalue weighted by molar-refractivity contribution is 0.102. The fourth-order valence-electron chi connectivity index (χ4n) is 1.70. The lowest BCUT2D eigenvalue weighted by Gasteiger charge is -2.25. The zero-order valence-corrected chi connectivity index (χ0v) is 11.0. The predicted octanol–water partition coefficient (Wildman–Crippen LogP) is 3.78. The molecule has 1 aromatic heterocycles. The Morgan fingerprint density at radius 3 is 2.61 bits per heavy atom. The van der Waals surface area contributed by atoms with E-state index in [-0.39, 0.29) is 0 Å². The molecule has 1 unspecified atom stereocenters. The molecule has 94 valence electrons. The number of rotatable bonds is 2. The average Bonchev–Trinajstić information content (AvgIpc) is 2.32. The second kappa shape index (κ2) is 4.84. The number of hydrogen-bond donors (Lipinski definition) is 1. The molecule has 18 heavy (non-hydrogen) atoms. The Bertz CT molecular complexity index is 587. The molecule has 1 N–H and O–H groups in total. The van der Waals surface area contributed by atoms with Gasteiger partial charge in [0.05, 0.1) is 6.20 Å². The Balaban J connectivity index is 2.57. The fourth-order valence-corrected chi connectivity index (χ4v) is 2.18. The summed E-state index contributed by atoms with van der Waals surface area (Å²) in [5, 5.41) is 11.3. The van der Waals surface area contributed by atoms with Crippen molar-refractivity contribution >= 4 is 23.2 Å². The highest BCUT2D eigenvalue weighted by Crippen LogP contribution is 2.35. The highest BCUT2D eigenvalue weighted by atomic mass is 35.5. The number of nitrogens with zero attached hydrogens (tertiary/aromatic N) is 1. The molecule has 0 fully saturated rings. The van der Waals surface area contributed by atoms with Crippen molar-refractivity contribution in [2.75, 3.05) is 0 Å². The summed E-state index contributed by atoms with van der Waals surface area (Å²) in [6.45, 7) is 1.51. The molecule has 0 bridgehead atoms. The molecule has 5 heteroatoms. The molecule has 1 atom stereocenters. The van der Waals surface area contributed by atoms with Crippen molar-refractivity contribution in [1.82, 2.24) is 4.98 Å². The molecule has 0 aliphatic carbocycles. The number of halogens is 3. The first kappa shape index (κ1) is 13.3. The van der Waals surface area contributed by atoms with Crippen molar-refractivity contribution in [3.63, 3.8) is 0 Å². The van der Waals surface area contributed by atoms with Crippen LogP contribution >= 0.6 is 23.2 Å². The van der Waals surface area contributed by atoms with E-state index in [1.165, 1.54) is 19.2 Å². The molecule has 0 amide bonds. The fraction of sp³-hybridized carbons (Fsp3) is 0.154. The minimum absolute atomic E-state index is 0.312. The molecule has 1 heterocycles. The smallest absolute Gasteiger partial charge is 0.141 e. The van der Waals surface area contributed by atoms with Gasteiger partial charge in [-0.15, -0.1) is 0 Å². The summed E-state index contributed by atoms with van der Waals surface area (Å²) < 4.78 is 13.2. The van der Waals surface area contributed by atoms with E-state index in [0.717, 1.165) is 6.20 Å². The van der Waals surface area contributed by atoms with E-state index < -0.39 is 11.4 Å². The van der Waals surface area contributed by atoms with Crippen LogP contribution in [0.5, 0.6) is 0 Å². The molecule has 0 saturated heterocycles. The van der Waals surface area contributed by atoms with Gasteiger partial charge in [0.1, 0.15) is 11.4 Å². The number of benzene rings is 1. The summed E-state index contributed by atoms with van der Waals surface area (Å²) in [6, 6.07) is 5.97. The first-order valence-electron chi connectivity index (χ1n) is 5.20. The monoisotopic (exact) mass is 285 g/mol. The van der Waals surface area contributed by atoms with Crippen LogP contribution in [0.3, 0.4) is 0 Å². The molecule has 2 nitrogen and oxygen atoms in total. The summed E-state index contributed by atoms with van der Waals surface area (Å²) in [6.07, 6.45) is 2.46. The van der Waals surface area contributed by atoms with Gasteiger partial charge in [-0.3, -0.25) is 4.98 Å². The van der Waals surface area contributed by atoms with E-state index in [1.54, 1.807) is 18.2 Å². The van der Waals surface area contributed by atoms with Crippen LogP contribution in [-0.2, 0) is 5.60 Å². The van der Waals surface area contributed by atoms with Crippen molar-refractivity contribution in [2.24, 2.45) is 0 Å². The maximum absolute atomic E-state index is 13.2. The number of pyridine rings is 1. The molecule has 0 spiro atoms. The van der Waals surface area contributed by atoms with Crippen LogP contribution in [0.1, 0.15) is 18.1 Å². The maximum Gasteiger partial charge on any atom is 0.141 e. The van der Waals surface area contributed by atoms with Gasteiger partial charge in [-0.25, -0.2) is 4.39 Å². The summed E-state index contributed by atoms with van der Waals surface area (Å²) in [5.74, 6) is -0.522. The minimum atomic E-state index is -1.46. The lowest BCUT2D eigenvalue weighted by Crippen LogP contribution is -2.23. The zero-order chi connectivity index (χ0) is 13.3. The Morgan fingerprint density at radius 1 is 1.22 bits per heavy atom. The quantitative estimate of drug-likeness (QED) is 0.911. The summed E-state index contributed by atoms with van der Waals surface area (Å²) >= 11 is 11.9. The second-order valence-corrected chi connectivity index (χ2v) is 4.93. The summed E-state index contributed by atoms with van der Waals surface area (Å²) in [4.78, 5) is 3.72. The van der Waals surface area contributed by atoms with Gasteiger partial charge < -0.3 is 5.11 Å². The van der Waals surface area contributed by atoms with Crippen molar-refractivity contribution < 1.29 is 9.50 Å². The molecule has 0 aliphatic rings. The third kappa shape index (κ3) is 2.48. The third-order valence-corrected chi connectivity index (χ3v) is 3.28. The van der Waals surface area contributed by atoms with Crippen molar-refractivity contribution in [3.8, 4) is 0 Å². The standard InChI is InChI=1S/C13H10Cl2FNO/c1-13(18,8-4-10(16)7-17-6-8)11-5-9(14)2-3-12(11)15/h2-7,18H,1H3. The average molecular weight is 286 g/mol. The van der Waals surface area contributed by atoms with Crippen LogP contribution in [0.15, 0.2) is 36.7 Å². The Labute approximate surface area is 114 Å². The number of aliphatic hydroxyl groups is 1. The van der Waals surface area contributed by atoms with Crippen LogP contribution < -0.4 is 0 Å². The SMILES string of the molecule is CC(O)(c1cncc(F)c1)c1cc(Cl)ccc1Cl. The Hall–Kier alpha value is -1.16. The summed E-state index contributed by atoms with van der Waals surface area (Å²) in [7, 11) is 0. The topological polar surface area (TPSA) is 33.1 Å². The first-order chi connectivity index (χ1) is 8.41. The number of aromatic nitrogens is 1. The maximum atomic E-state index is 13.2. The van der Waals surface area contributed by atoms with E-state index in [4.69, 9.17) is 23.2 Å². The largest absolute Gasteiger partial charge is 0.381 e. The molecule has 2 aromatic rings. The van der Waals surface area contributed by atoms with Gasteiger partial charge in [0.25, 0.3) is 0 Å². The molecule has 0 aliphatic heterocycles. The molecule has 0 radical (unpaired) electrons. The van der Waals surface area contributed by atoms with Gasteiger partial charge in [-0.05, 0) is 31.2 Å². The predicted molar refractivity (Wildman–Crippen MR) is 69.3 cm³/mol. The van der Waals surface area contributed by atoms with Gasteiger partial charge in [0.2, 0.25) is 0 Å². The van der Waals surface area contributed by atoms with Crippen LogP contribution in [0.4, 0.5) is 4.39 Å². The van der Waals surface area contributed by atoms with Crippen LogP contribution in [0.2, 0.25) is 10.0 Å². The molecule has 1 aromatic carbocycles. The minimum Gasteiger partial charge on any atom is -0.381 e. The number of hydrogen-bond acceptors (Lipinski definition) is 2. The second-order valence-electron chi connectivity index (χ2n) is 4.09. The van der Waals surface area contributed by atoms with E-state index in [2.05, 4.69) is 4.98 Å². The lowest BCUT2D eigenvalue weighted by atomic mass is 9.89. The molecular weight excluding hydrogens is 276 g/mol.